The van der Waals surface area contributed by atoms with E-state index in [4.69, 9.17) is 0 Å². The van der Waals surface area contributed by atoms with Crippen molar-refractivity contribution < 1.29 is 45.8 Å². The van der Waals surface area contributed by atoms with Crippen molar-refractivity contribution in [3.05, 3.63) is 29.3 Å². The van der Waals surface area contributed by atoms with Crippen LogP contribution in [0.4, 0.5) is 13.2 Å². The topological polar surface area (TPSA) is 110 Å². The lowest BCUT2D eigenvalue weighted by molar-refractivity contribution is -0.219. The highest BCUT2D eigenvalue weighted by Gasteiger charge is 2.49. The summed E-state index contributed by atoms with van der Waals surface area (Å²) >= 11 is 0. The van der Waals surface area contributed by atoms with Gasteiger partial charge >= 0.3 is 18.1 Å². The van der Waals surface area contributed by atoms with Crippen LogP contribution in [0, 0.1) is 0 Å². The number of piperidine rings is 1. The van der Waals surface area contributed by atoms with Gasteiger partial charge in [-0.1, -0.05) is 6.42 Å². The maximum Gasteiger partial charge on any atom is 0.415 e. The normalized spacial score (nSPS) is 19.4. The summed E-state index contributed by atoms with van der Waals surface area (Å²) in [6, 6.07) is 1.24. The first-order valence-electron chi connectivity index (χ1n) is 8.52. The van der Waals surface area contributed by atoms with E-state index in [0.717, 1.165) is 32.4 Å². The van der Waals surface area contributed by atoms with E-state index in [1.165, 1.54) is 0 Å². The molecule has 1 saturated heterocycles. The lowest BCUT2D eigenvalue weighted by Crippen LogP contribution is -2.54. The fourth-order valence-corrected chi connectivity index (χ4v) is 5.05. The number of methoxy groups -OCH3 is 2. The highest BCUT2D eigenvalue weighted by molar-refractivity contribution is 7.89. The summed E-state index contributed by atoms with van der Waals surface area (Å²) in [5.41, 5.74) is -0.672. The number of rotatable bonds is 5. The Balaban J connectivity index is 2.62. The fraction of sp³-hybridized carbons (Fsp3) is 0.529. The summed E-state index contributed by atoms with van der Waals surface area (Å²) < 4.78 is 75.2. The highest BCUT2D eigenvalue weighted by atomic mass is 32.2. The second-order valence-electron chi connectivity index (χ2n) is 6.36. The van der Waals surface area contributed by atoms with E-state index in [-0.39, 0.29) is 31.4 Å². The minimum Gasteiger partial charge on any atom is -0.465 e. The molecule has 1 fully saturated rings. The number of benzene rings is 1. The number of halogens is 3. The van der Waals surface area contributed by atoms with Crippen molar-refractivity contribution in [3.63, 3.8) is 0 Å². The number of alkyl halides is 3. The number of esters is 2. The zero-order valence-electron chi connectivity index (χ0n) is 15.6. The Morgan fingerprint density at radius 1 is 1.17 bits per heavy atom. The van der Waals surface area contributed by atoms with Gasteiger partial charge in [0.05, 0.1) is 36.3 Å². The molecule has 162 valence electrons. The largest absolute Gasteiger partial charge is 0.465 e. The molecule has 2 atom stereocenters. The molecule has 0 bridgehead atoms. The van der Waals surface area contributed by atoms with Gasteiger partial charge in [0.2, 0.25) is 10.0 Å². The number of aliphatic hydroxyl groups is 1. The third-order valence-electron chi connectivity index (χ3n) is 4.59. The number of carbonyl (C=O) groups excluding carboxylic acids is 2. The Morgan fingerprint density at radius 3 is 2.34 bits per heavy atom. The van der Waals surface area contributed by atoms with E-state index >= 15 is 0 Å². The van der Waals surface area contributed by atoms with Crippen LogP contribution in [-0.4, -0.2) is 68.9 Å². The number of nitrogens with zero attached hydrogens (tertiary/aromatic N) is 1. The Kier molecular flexibility index (Phi) is 6.91. The first-order valence-corrected chi connectivity index (χ1v) is 9.96. The molecule has 1 heterocycles. The Morgan fingerprint density at radius 2 is 1.79 bits per heavy atom. The van der Waals surface area contributed by atoms with Crippen molar-refractivity contribution in [2.24, 2.45) is 0 Å². The summed E-state index contributed by atoms with van der Waals surface area (Å²) in [6.07, 6.45) is -7.60. The van der Waals surface area contributed by atoms with Gasteiger partial charge in [-0.15, -0.1) is 0 Å². The zero-order chi connectivity index (χ0) is 22.0. The highest BCUT2D eigenvalue weighted by Crippen LogP contribution is 2.34. The first kappa shape index (κ1) is 23.1. The monoisotopic (exact) mass is 439 g/mol. The van der Waals surface area contributed by atoms with E-state index in [1.807, 2.05) is 0 Å². The lowest BCUT2D eigenvalue weighted by Gasteiger charge is -2.38. The Labute approximate surface area is 165 Å². The van der Waals surface area contributed by atoms with Crippen LogP contribution in [0.5, 0.6) is 0 Å². The average Bonchev–Trinajstić information content (AvgIpc) is 2.70. The Bertz CT molecular complexity index is 886. The van der Waals surface area contributed by atoms with Gasteiger partial charge in [-0.25, -0.2) is 18.0 Å². The number of sulfonamides is 1. The smallest absolute Gasteiger partial charge is 0.415 e. The van der Waals surface area contributed by atoms with Crippen molar-refractivity contribution in [2.45, 2.75) is 42.5 Å². The van der Waals surface area contributed by atoms with Crippen LogP contribution in [0.3, 0.4) is 0 Å². The van der Waals surface area contributed by atoms with E-state index in [2.05, 4.69) is 9.47 Å². The molecule has 1 aromatic rings. The standard InChI is InChI=1S/C17H20F3NO7S/c1-27-15(23)10-6-7-11(16(24)28-2)13(9-10)29(25,26)21-8-4-3-5-12(21)14(22)17(18,19)20/h6-7,9,12,14,22H,3-5,8H2,1-2H3/t12-,14+/m0/s1. The van der Waals surface area contributed by atoms with Crippen molar-refractivity contribution in [2.75, 3.05) is 20.8 Å². The zero-order valence-corrected chi connectivity index (χ0v) is 16.4. The van der Waals surface area contributed by atoms with Crippen LogP contribution < -0.4 is 0 Å². The van der Waals surface area contributed by atoms with Gasteiger partial charge in [-0.05, 0) is 31.0 Å². The van der Waals surface area contributed by atoms with Crippen molar-refractivity contribution in [1.29, 1.82) is 0 Å². The maximum atomic E-state index is 13.2. The number of hydrogen-bond acceptors (Lipinski definition) is 7. The second kappa shape index (κ2) is 8.67. The Hall–Kier alpha value is -2.18. The number of carbonyl (C=O) groups is 2. The molecule has 0 saturated carbocycles. The van der Waals surface area contributed by atoms with Crippen molar-refractivity contribution in [3.8, 4) is 0 Å². The van der Waals surface area contributed by atoms with Crippen LogP contribution in [0.25, 0.3) is 0 Å². The molecule has 29 heavy (non-hydrogen) atoms. The maximum absolute atomic E-state index is 13.2. The molecule has 8 nitrogen and oxygen atoms in total. The molecule has 1 aliphatic heterocycles. The summed E-state index contributed by atoms with van der Waals surface area (Å²) in [5, 5.41) is 9.70. The summed E-state index contributed by atoms with van der Waals surface area (Å²) in [6.45, 7) is -0.288. The molecule has 1 N–H and O–H groups in total. The van der Waals surface area contributed by atoms with Gasteiger partial charge < -0.3 is 14.6 Å². The SMILES string of the molecule is COC(=O)c1ccc(C(=O)OC)c(S(=O)(=O)N2CCCC[C@H]2[C@@H](O)C(F)(F)F)c1. The van der Waals surface area contributed by atoms with E-state index in [1.54, 1.807) is 0 Å². The van der Waals surface area contributed by atoms with Crippen LogP contribution in [-0.2, 0) is 19.5 Å². The average molecular weight is 439 g/mol. The van der Waals surface area contributed by atoms with Crippen LogP contribution in [0.15, 0.2) is 23.1 Å². The fourth-order valence-electron chi connectivity index (χ4n) is 3.15. The first-order chi connectivity index (χ1) is 13.4. The molecule has 0 aromatic heterocycles. The molecule has 0 spiro atoms. The van der Waals surface area contributed by atoms with E-state index in [0.29, 0.717) is 4.31 Å². The van der Waals surface area contributed by atoms with Crippen LogP contribution in [0.2, 0.25) is 0 Å². The van der Waals surface area contributed by atoms with Crippen molar-refractivity contribution in [1.82, 2.24) is 4.31 Å². The summed E-state index contributed by atoms with van der Waals surface area (Å²) in [5.74, 6) is -1.95. The summed E-state index contributed by atoms with van der Waals surface area (Å²) in [4.78, 5) is 23.1. The lowest BCUT2D eigenvalue weighted by atomic mass is 9.99. The van der Waals surface area contributed by atoms with Gasteiger partial charge in [0.1, 0.15) is 0 Å². The van der Waals surface area contributed by atoms with Gasteiger partial charge in [0, 0.05) is 6.54 Å². The minimum absolute atomic E-state index is 0.218. The predicted octanol–water partition coefficient (Wildman–Crippen LogP) is 1.73. The molecular weight excluding hydrogens is 419 g/mol. The van der Waals surface area contributed by atoms with Crippen LogP contribution in [0.1, 0.15) is 40.0 Å². The third-order valence-corrected chi connectivity index (χ3v) is 6.56. The molecule has 0 amide bonds. The number of hydrogen-bond donors (Lipinski definition) is 1. The molecule has 1 aliphatic rings. The second-order valence-corrected chi connectivity index (χ2v) is 8.22. The van der Waals surface area contributed by atoms with E-state index in [9.17, 15) is 36.3 Å². The number of aliphatic hydroxyl groups excluding tert-OH is 1. The molecule has 12 heteroatoms. The van der Waals surface area contributed by atoms with Gasteiger partial charge in [0.25, 0.3) is 0 Å². The van der Waals surface area contributed by atoms with Crippen LogP contribution >= 0.6 is 0 Å². The molecule has 0 radical (unpaired) electrons. The third kappa shape index (κ3) is 4.70. The van der Waals surface area contributed by atoms with Gasteiger partial charge in [-0.3, -0.25) is 0 Å². The number of ether oxygens (including phenoxy) is 2. The molecule has 1 aromatic carbocycles. The molecular formula is C17H20F3NO7S. The predicted molar refractivity (Wildman–Crippen MR) is 92.7 cm³/mol. The quantitative estimate of drug-likeness (QED) is 0.696. The van der Waals surface area contributed by atoms with Gasteiger partial charge in [0.15, 0.2) is 6.10 Å². The van der Waals surface area contributed by atoms with Gasteiger partial charge in [-0.2, -0.15) is 17.5 Å². The van der Waals surface area contributed by atoms with E-state index < -0.39 is 50.7 Å². The molecule has 0 aliphatic carbocycles. The molecule has 0 unspecified atom stereocenters. The van der Waals surface area contributed by atoms with Crippen molar-refractivity contribution >= 4 is 22.0 Å². The summed E-state index contributed by atoms with van der Waals surface area (Å²) in [7, 11) is -2.64. The minimum atomic E-state index is -5.03. The molecule has 2 rings (SSSR count).